The van der Waals surface area contributed by atoms with Crippen molar-refractivity contribution in [2.45, 2.75) is 0 Å². The van der Waals surface area contributed by atoms with Crippen LogP contribution in [0.4, 0.5) is 17.1 Å². The van der Waals surface area contributed by atoms with E-state index in [-0.39, 0.29) is 0 Å². The highest BCUT2D eigenvalue weighted by molar-refractivity contribution is 6.22. The van der Waals surface area contributed by atoms with Crippen molar-refractivity contribution in [1.82, 2.24) is 0 Å². The summed E-state index contributed by atoms with van der Waals surface area (Å²) in [5.41, 5.74) is 12.0. The topological polar surface area (TPSA) is 16.4 Å². The van der Waals surface area contributed by atoms with Crippen molar-refractivity contribution >= 4 is 82.1 Å². The molecule has 11 aromatic carbocycles. The number of nitrogens with zero attached hydrogens (tertiary/aromatic N) is 1. The lowest BCUT2D eigenvalue weighted by Gasteiger charge is -2.27. The van der Waals surface area contributed by atoms with Crippen molar-refractivity contribution in [3.05, 3.63) is 224 Å². The van der Waals surface area contributed by atoms with Gasteiger partial charge in [0.05, 0.1) is 5.69 Å². The van der Waals surface area contributed by atoms with Crippen molar-refractivity contribution in [1.29, 1.82) is 0 Å². The van der Waals surface area contributed by atoms with Gasteiger partial charge in [0.15, 0.2) is 5.58 Å². The molecule has 0 atom stereocenters. The first-order valence-corrected chi connectivity index (χ1v) is 20.6. The second-order valence-corrected chi connectivity index (χ2v) is 15.6. The molecule has 0 amide bonds. The van der Waals surface area contributed by atoms with Gasteiger partial charge < -0.3 is 9.32 Å². The first-order chi connectivity index (χ1) is 29.8. The third-order valence-corrected chi connectivity index (χ3v) is 12.2. The van der Waals surface area contributed by atoms with Crippen molar-refractivity contribution < 1.29 is 4.42 Å². The molecule has 0 fully saturated rings. The summed E-state index contributed by atoms with van der Waals surface area (Å²) in [6.07, 6.45) is 0. The fraction of sp³-hybridized carbons (Fsp3) is 0. The second kappa shape index (κ2) is 13.9. The van der Waals surface area contributed by atoms with Gasteiger partial charge in [0.2, 0.25) is 0 Å². The van der Waals surface area contributed by atoms with Gasteiger partial charge in [0.25, 0.3) is 0 Å². The van der Waals surface area contributed by atoms with Crippen LogP contribution < -0.4 is 4.90 Å². The van der Waals surface area contributed by atoms with Crippen LogP contribution in [0.1, 0.15) is 0 Å². The van der Waals surface area contributed by atoms with Crippen LogP contribution in [0.3, 0.4) is 0 Å². The molecule has 0 bridgehead atoms. The fourth-order valence-electron chi connectivity index (χ4n) is 9.55. The molecule has 12 aromatic rings. The standard InChI is InChI=1S/C58H37NO/c1-3-16-40(17-4-1)56-51-23-10-9-21-47(51)49-36-34-43(37-53(49)57(56)41-18-5-2-6-19-41)59(54-27-14-26-52-50-22-11-12-28-55(50)60-58(52)54)42-32-29-39(30-33-42)45-24-13-25-46-44-20-8-7-15-38(44)31-35-48(45)46/h1-37H. The number of para-hydroxylation sites is 2. The molecule has 0 aliphatic rings. The highest BCUT2D eigenvalue weighted by atomic mass is 16.3. The minimum atomic E-state index is 0.857. The predicted molar refractivity (Wildman–Crippen MR) is 255 cm³/mol. The molecular weight excluding hydrogens is 727 g/mol. The minimum absolute atomic E-state index is 0.857. The van der Waals surface area contributed by atoms with Gasteiger partial charge in [-0.1, -0.05) is 188 Å². The molecule has 280 valence electrons. The molecule has 1 heterocycles. The Balaban J connectivity index is 1.12. The Morgan fingerprint density at radius 2 is 0.850 bits per heavy atom. The molecule has 0 saturated heterocycles. The Kier molecular flexibility index (Phi) is 7.89. The van der Waals surface area contributed by atoms with Crippen LogP contribution in [0.2, 0.25) is 0 Å². The molecule has 0 radical (unpaired) electrons. The zero-order valence-corrected chi connectivity index (χ0v) is 32.7. The summed E-state index contributed by atoms with van der Waals surface area (Å²) < 4.78 is 6.76. The molecule has 0 unspecified atom stereocenters. The number of rotatable bonds is 6. The number of hydrogen-bond acceptors (Lipinski definition) is 2. The van der Waals surface area contributed by atoms with E-state index in [2.05, 4.69) is 223 Å². The fourth-order valence-corrected chi connectivity index (χ4v) is 9.55. The van der Waals surface area contributed by atoms with Crippen molar-refractivity contribution in [2.75, 3.05) is 4.90 Å². The molecule has 0 aliphatic heterocycles. The number of benzene rings is 11. The van der Waals surface area contributed by atoms with Gasteiger partial charge >= 0.3 is 0 Å². The Morgan fingerprint density at radius 3 is 1.63 bits per heavy atom. The Bertz CT molecular complexity index is 3590. The molecule has 12 rings (SSSR count). The third-order valence-electron chi connectivity index (χ3n) is 12.2. The maximum atomic E-state index is 6.76. The molecule has 0 aliphatic carbocycles. The lowest BCUT2D eigenvalue weighted by molar-refractivity contribution is 0.669. The van der Waals surface area contributed by atoms with Crippen molar-refractivity contribution in [2.24, 2.45) is 0 Å². The summed E-state index contributed by atoms with van der Waals surface area (Å²) in [6, 6.07) is 81.2. The zero-order valence-electron chi connectivity index (χ0n) is 32.7. The lowest BCUT2D eigenvalue weighted by Crippen LogP contribution is -2.10. The van der Waals surface area contributed by atoms with E-state index in [1.165, 1.54) is 76.5 Å². The van der Waals surface area contributed by atoms with Gasteiger partial charge in [0.1, 0.15) is 5.58 Å². The highest BCUT2D eigenvalue weighted by Crippen LogP contribution is 2.48. The molecule has 2 heteroatoms. The van der Waals surface area contributed by atoms with Gasteiger partial charge in [-0.05, 0) is 113 Å². The summed E-state index contributed by atoms with van der Waals surface area (Å²) in [5.74, 6) is 0. The van der Waals surface area contributed by atoms with Crippen LogP contribution in [0.5, 0.6) is 0 Å². The monoisotopic (exact) mass is 763 g/mol. The van der Waals surface area contributed by atoms with E-state index in [1.807, 2.05) is 6.07 Å². The minimum Gasteiger partial charge on any atom is -0.454 e. The summed E-state index contributed by atoms with van der Waals surface area (Å²) in [7, 11) is 0. The number of furan rings is 1. The predicted octanol–water partition coefficient (Wildman–Crippen LogP) is 16.7. The molecule has 0 N–H and O–H groups in total. The highest BCUT2D eigenvalue weighted by Gasteiger charge is 2.23. The van der Waals surface area contributed by atoms with Crippen molar-refractivity contribution in [3.8, 4) is 33.4 Å². The number of anilines is 3. The van der Waals surface area contributed by atoms with E-state index < -0.39 is 0 Å². The van der Waals surface area contributed by atoms with Crippen LogP contribution in [-0.2, 0) is 0 Å². The molecule has 0 saturated carbocycles. The second-order valence-electron chi connectivity index (χ2n) is 15.6. The van der Waals surface area contributed by atoms with Gasteiger partial charge in [-0.15, -0.1) is 0 Å². The summed E-state index contributed by atoms with van der Waals surface area (Å²) in [6.45, 7) is 0. The Hall–Kier alpha value is -7.94. The van der Waals surface area contributed by atoms with Gasteiger partial charge in [-0.25, -0.2) is 0 Å². The Morgan fingerprint density at radius 1 is 0.300 bits per heavy atom. The van der Waals surface area contributed by atoms with Crippen LogP contribution in [-0.4, -0.2) is 0 Å². The summed E-state index contributed by atoms with van der Waals surface area (Å²) in [5, 5.41) is 12.1. The van der Waals surface area contributed by atoms with Crippen LogP contribution >= 0.6 is 0 Å². The summed E-state index contributed by atoms with van der Waals surface area (Å²) >= 11 is 0. The SMILES string of the molecule is c1ccc(-c2c(-c3ccccc3)c3cc(N(c4ccc(-c5cccc6c5ccc5ccccc56)cc4)c4cccc5c4oc4ccccc45)ccc3c3ccccc23)cc1. The Labute approximate surface area is 347 Å². The lowest BCUT2D eigenvalue weighted by atomic mass is 9.85. The first-order valence-electron chi connectivity index (χ1n) is 20.6. The van der Waals surface area contributed by atoms with Crippen LogP contribution in [0.15, 0.2) is 229 Å². The molecule has 1 aromatic heterocycles. The normalized spacial score (nSPS) is 11.7. The van der Waals surface area contributed by atoms with E-state index in [0.717, 1.165) is 39.0 Å². The quantitative estimate of drug-likeness (QED) is 0.157. The van der Waals surface area contributed by atoms with Gasteiger partial charge in [0, 0.05) is 22.1 Å². The molecular formula is C58H37NO. The first kappa shape index (κ1) is 34.1. The number of fused-ring (bicyclic) bond motifs is 9. The smallest absolute Gasteiger partial charge is 0.159 e. The average molecular weight is 764 g/mol. The van der Waals surface area contributed by atoms with Gasteiger partial charge in [-0.3, -0.25) is 0 Å². The van der Waals surface area contributed by atoms with E-state index in [0.29, 0.717) is 0 Å². The van der Waals surface area contributed by atoms with Crippen LogP contribution in [0.25, 0.3) is 98.4 Å². The van der Waals surface area contributed by atoms with E-state index in [9.17, 15) is 0 Å². The maximum absolute atomic E-state index is 6.76. The average Bonchev–Trinajstić information content (AvgIpc) is 3.71. The van der Waals surface area contributed by atoms with E-state index in [1.54, 1.807) is 0 Å². The zero-order chi connectivity index (χ0) is 39.6. The van der Waals surface area contributed by atoms with E-state index >= 15 is 0 Å². The number of hydrogen-bond donors (Lipinski definition) is 0. The molecule has 0 spiro atoms. The molecule has 60 heavy (non-hydrogen) atoms. The van der Waals surface area contributed by atoms with Crippen LogP contribution in [0, 0.1) is 0 Å². The largest absolute Gasteiger partial charge is 0.454 e. The van der Waals surface area contributed by atoms with E-state index in [4.69, 9.17) is 4.42 Å². The molecule has 2 nitrogen and oxygen atoms in total. The maximum Gasteiger partial charge on any atom is 0.159 e. The van der Waals surface area contributed by atoms with Crippen molar-refractivity contribution in [3.63, 3.8) is 0 Å². The van der Waals surface area contributed by atoms with Gasteiger partial charge in [-0.2, -0.15) is 0 Å². The summed E-state index contributed by atoms with van der Waals surface area (Å²) in [4.78, 5) is 2.37. The third kappa shape index (κ3) is 5.42.